The van der Waals surface area contributed by atoms with Crippen LogP contribution in [0.15, 0.2) is 42.2 Å². The van der Waals surface area contributed by atoms with E-state index in [9.17, 15) is 15.0 Å². The summed E-state index contributed by atoms with van der Waals surface area (Å²) in [6, 6.07) is 7.43. The van der Waals surface area contributed by atoms with Crippen molar-refractivity contribution in [2.24, 2.45) is 11.8 Å². The summed E-state index contributed by atoms with van der Waals surface area (Å²) < 4.78 is 5.32. The zero-order valence-electron chi connectivity index (χ0n) is 18.5. The molecule has 33 heavy (non-hydrogen) atoms. The number of piperidine rings is 1. The van der Waals surface area contributed by atoms with Crippen LogP contribution in [0.5, 0.6) is 5.75 Å². The Hall–Kier alpha value is -2.99. The van der Waals surface area contributed by atoms with Gasteiger partial charge >= 0.3 is 5.97 Å². The lowest BCUT2D eigenvalue weighted by Crippen LogP contribution is -2.44. The zero-order chi connectivity index (χ0) is 23.2. The lowest BCUT2D eigenvalue weighted by atomic mass is 9.81. The Morgan fingerprint density at radius 2 is 2.27 bits per heavy atom. The number of benzene rings is 1. The Labute approximate surface area is 197 Å². The van der Waals surface area contributed by atoms with Gasteiger partial charge < -0.3 is 14.9 Å². The number of likely N-dealkylation sites (tertiary alicyclic amines) is 1. The monoisotopic (exact) mass is 465 g/mol. The van der Waals surface area contributed by atoms with E-state index in [1.54, 1.807) is 25.0 Å². The molecule has 0 radical (unpaired) electrons. The summed E-state index contributed by atoms with van der Waals surface area (Å²) in [6.45, 7) is 1.82. The number of rotatable bonds is 7. The maximum Gasteiger partial charge on any atom is 0.308 e. The smallest absolute Gasteiger partial charge is 0.308 e. The molecule has 0 aliphatic carbocycles. The van der Waals surface area contributed by atoms with Gasteiger partial charge in [-0.1, -0.05) is 11.8 Å². The Kier molecular flexibility index (Phi) is 7.55. The predicted molar refractivity (Wildman–Crippen MR) is 127 cm³/mol. The van der Waals surface area contributed by atoms with E-state index in [2.05, 4.69) is 26.7 Å². The number of aliphatic carboxylic acids is 1. The second-order valence-corrected chi connectivity index (χ2v) is 9.16. The van der Waals surface area contributed by atoms with Crippen molar-refractivity contribution in [1.82, 2.24) is 14.9 Å². The lowest BCUT2D eigenvalue weighted by molar-refractivity contribution is -0.146. The number of pyridine rings is 1. The number of aliphatic hydroxyl groups is 1. The van der Waals surface area contributed by atoms with E-state index in [1.807, 2.05) is 24.3 Å². The molecule has 0 spiro atoms. The molecule has 1 aliphatic rings. The first-order valence-corrected chi connectivity index (χ1v) is 11.9. The predicted octanol–water partition coefficient (Wildman–Crippen LogP) is 3.59. The van der Waals surface area contributed by atoms with E-state index >= 15 is 0 Å². The molecular weight excluding hydrogens is 438 g/mol. The van der Waals surface area contributed by atoms with Crippen molar-refractivity contribution in [2.75, 3.05) is 26.7 Å². The third kappa shape index (κ3) is 5.69. The fourth-order valence-electron chi connectivity index (χ4n) is 4.44. The SMILES string of the molecule is COc1ccc2nccc([C@H](O)CC[C@@H]3CCN(CC#Cc4cncs4)C[C@@H]3C(=O)O)c2c1. The highest BCUT2D eigenvalue weighted by Gasteiger charge is 2.34. The van der Waals surface area contributed by atoms with Crippen molar-refractivity contribution >= 4 is 28.2 Å². The van der Waals surface area contributed by atoms with Gasteiger partial charge in [-0.25, -0.2) is 0 Å². The number of hydrogen-bond donors (Lipinski definition) is 2. The minimum atomic E-state index is -0.784. The van der Waals surface area contributed by atoms with Gasteiger partial charge in [0.05, 0.1) is 47.8 Å². The molecule has 0 bridgehead atoms. The van der Waals surface area contributed by atoms with Crippen LogP contribution in [0.3, 0.4) is 0 Å². The minimum Gasteiger partial charge on any atom is -0.497 e. The second-order valence-electron chi connectivity index (χ2n) is 8.27. The third-order valence-corrected chi connectivity index (χ3v) is 6.94. The fraction of sp³-hybridized carbons (Fsp3) is 0.400. The molecule has 2 aromatic heterocycles. The Morgan fingerprint density at radius 1 is 1.39 bits per heavy atom. The van der Waals surface area contributed by atoms with Gasteiger partial charge in [0.25, 0.3) is 0 Å². The number of aromatic nitrogens is 2. The summed E-state index contributed by atoms with van der Waals surface area (Å²) in [5, 5.41) is 21.6. The maximum atomic E-state index is 12.0. The summed E-state index contributed by atoms with van der Waals surface area (Å²) >= 11 is 1.49. The normalized spacial score (nSPS) is 19.6. The highest BCUT2D eigenvalue weighted by Crippen LogP contribution is 2.33. The molecule has 1 saturated heterocycles. The van der Waals surface area contributed by atoms with Crippen LogP contribution in [-0.4, -0.2) is 57.8 Å². The van der Waals surface area contributed by atoms with Gasteiger partial charge in [-0.3, -0.25) is 19.7 Å². The topological polar surface area (TPSA) is 95.8 Å². The number of hydrogen-bond acceptors (Lipinski definition) is 7. The third-order valence-electron chi connectivity index (χ3n) is 6.26. The standard InChI is InChI=1S/C25H27N3O4S/c1-32-18-5-6-23-21(13-18)20(8-10-27-23)24(29)7-4-17-9-12-28(15-22(17)25(30)31)11-2-3-19-14-26-16-33-19/h5-6,8,10,13-14,16-17,22,24,29H,4,7,9,11-12,15H2,1H3,(H,30,31)/t17-,22+,24-/m1/s1. The largest absolute Gasteiger partial charge is 0.497 e. The Bertz CT molecular complexity index is 1160. The van der Waals surface area contributed by atoms with E-state index < -0.39 is 18.0 Å². The Morgan fingerprint density at radius 3 is 3.03 bits per heavy atom. The number of carbonyl (C=O) groups is 1. The van der Waals surface area contributed by atoms with E-state index in [-0.39, 0.29) is 5.92 Å². The molecule has 1 aliphatic heterocycles. The lowest BCUT2D eigenvalue weighted by Gasteiger charge is -2.36. The molecule has 4 rings (SSSR count). The van der Waals surface area contributed by atoms with Crippen LogP contribution in [-0.2, 0) is 4.79 Å². The molecule has 0 unspecified atom stereocenters. The molecule has 7 nitrogen and oxygen atoms in total. The summed E-state index contributed by atoms with van der Waals surface area (Å²) in [5.41, 5.74) is 3.33. The molecule has 3 atom stereocenters. The van der Waals surface area contributed by atoms with Crippen molar-refractivity contribution < 1.29 is 19.7 Å². The van der Waals surface area contributed by atoms with Crippen LogP contribution < -0.4 is 4.74 Å². The van der Waals surface area contributed by atoms with Gasteiger partial charge in [-0.05, 0) is 61.6 Å². The van der Waals surface area contributed by atoms with Crippen molar-refractivity contribution in [3.8, 4) is 17.6 Å². The van der Waals surface area contributed by atoms with Crippen LogP contribution in [0.25, 0.3) is 10.9 Å². The quantitative estimate of drug-likeness (QED) is 0.515. The molecule has 0 amide bonds. The molecule has 172 valence electrons. The van der Waals surface area contributed by atoms with Gasteiger partial charge in [0.15, 0.2) is 0 Å². The van der Waals surface area contributed by atoms with Crippen molar-refractivity contribution in [3.63, 3.8) is 0 Å². The first-order valence-electron chi connectivity index (χ1n) is 11.0. The minimum absolute atomic E-state index is 0.0190. The van der Waals surface area contributed by atoms with Crippen molar-refractivity contribution in [3.05, 3.63) is 52.6 Å². The Balaban J connectivity index is 1.38. The first-order chi connectivity index (χ1) is 16.0. The molecule has 1 aromatic carbocycles. The second kappa shape index (κ2) is 10.8. The van der Waals surface area contributed by atoms with Crippen LogP contribution in [0.4, 0.5) is 0 Å². The number of methoxy groups -OCH3 is 1. The molecule has 3 heterocycles. The van der Waals surface area contributed by atoms with E-state index in [4.69, 9.17) is 4.74 Å². The number of fused-ring (bicyclic) bond motifs is 1. The number of carboxylic acid groups (broad SMARTS) is 1. The van der Waals surface area contributed by atoms with Gasteiger partial charge in [0.2, 0.25) is 0 Å². The van der Waals surface area contributed by atoms with Crippen LogP contribution in [0.2, 0.25) is 0 Å². The van der Waals surface area contributed by atoms with Gasteiger partial charge in [-0.15, -0.1) is 11.3 Å². The van der Waals surface area contributed by atoms with E-state index in [1.165, 1.54) is 11.3 Å². The number of carboxylic acids is 1. The number of nitrogens with zero attached hydrogens (tertiary/aromatic N) is 3. The van der Waals surface area contributed by atoms with Crippen molar-refractivity contribution in [1.29, 1.82) is 0 Å². The summed E-state index contributed by atoms with van der Waals surface area (Å²) in [6.07, 6.45) is 4.65. The van der Waals surface area contributed by atoms with Crippen LogP contribution >= 0.6 is 11.3 Å². The van der Waals surface area contributed by atoms with Crippen LogP contribution in [0, 0.1) is 23.7 Å². The van der Waals surface area contributed by atoms with Gasteiger partial charge in [-0.2, -0.15) is 0 Å². The molecule has 3 aromatic rings. The maximum absolute atomic E-state index is 12.0. The molecule has 2 N–H and O–H groups in total. The molecule has 0 saturated carbocycles. The highest BCUT2D eigenvalue weighted by atomic mass is 32.1. The number of thiazole rings is 1. The van der Waals surface area contributed by atoms with E-state index in [0.717, 1.165) is 34.3 Å². The highest BCUT2D eigenvalue weighted by molar-refractivity contribution is 7.10. The fourth-order valence-corrected chi connectivity index (χ4v) is 4.93. The number of aliphatic hydroxyl groups excluding tert-OH is 1. The first kappa shape index (κ1) is 23.2. The number of ether oxygens (including phenoxy) is 1. The zero-order valence-corrected chi connectivity index (χ0v) is 19.3. The summed E-state index contributed by atoms with van der Waals surface area (Å²) in [5.74, 6) is 5.68. The van der Waals surface area contributed by atoms with Gasteiger partial charge in [0, 0.05) is 18.1 Å². The molecule has 1 fully saturated rings. The summed E-state index contributed by atoms with van der Waals surface area (Å²) in [7, 11) is 1.61. The molecule has 8 heteroatoms. The van der Waals surface area contributed by atoms with Crippen LogP contribution in [0.1, 0.15) is 35.8 Å². The average Bonchev–Trinajstić information content (AvgIpc) is 3.35. The summed E-state index contributed by atoms with van der Waals surface area (Å²) in [4.78, 5) is 23.4. The molecular formula is C25H27N3O4S. The van der Waals surface area contributed by atoms with E-state index in [0.29, 0.717) is 31.7 Å². The van der Waals surface area contributed by atoms with Crippen molar-refractivity contribution in [2.45, 2.75) is 25.4 Å². The average molecular weight is 466 g/mol. The van der Waals surface area contributed by atoms with Gasteiger partial charge in [0.1, 0.15) is 5.75 Å².